The van der Waals surface area contributed by atoms with E-state index in [1.807, 2.05) is 36.4 Å². The van der Waals surface area contributed by atoms with Crippen molar-refractivity contribution in [2.24, 2.45) is 0 Å². The van der Waals surface area contributed by atoms with Gasteiger partial charge in [0.15, 0.2) is 17.5 Å². The Labute approximate surface area is 625 Å². The number of aromatic nitrogens is 9. The van der Waals surface area contributed by atoms with Gasteiger partial charge in [-0.3, -0.25) is 0 Å². The van der Waals surface area contributed by atoms with Crippen molar-refractivity contribution in [3.8, 4) is 79.4 Å². The second kappa shape index (κ2) is 23.7. The van der Waals surface area contributed by atoms with Crippen molar-refractivity contribution in [3.63, 3.8) is 0 Å². The molecule has 0 aliphatic carbocycles. The fourth-order valence-electron chi connectivity index (χ4n) is 18.0. The fraction of sp³-hybridized carbons (Fsp3) is 0.0100. The first-order valence-corrected chi connectivity index (χ1v) is 37.2. The van der Waals surface area contributed by atoms with Crippen LogP contribution in [0.15, 0.2) is 364 Å². The molecule has 0 aliphatic heterocycles. The Morgan fingerprint density at radius 1 is 0.174 bits per heavy atom. The maximum atomic E-state index is 5.44. The monoisotopic (exact) mass is 1390 g/mol. The van der Waals surface area contributed by atoms with Gasteiger partial charge in [0.2, 0.25) is 0 Å². The number of nitrogens with zero attached hydrogens (tertiary/aromatic N) is 9. The lowest BCUT2D eigenvalue weighted by molar-refractivity contribution is 1.07. The van der Waals surface area contributed by atoms with E-state index in [-0.39, 0.29) is 0 Å². The lowest BCUT2D eigenvalue weighted by Crippen LogP contribution is -2.04. The molecule has 0 saturated carbocycles. The van der Waals surface area contributed by atoms with Crippen molar-refractivity contribution in [1.29, 1.82) is 0 Å². The largest absolute Gasteiger partial charge is 0.309 e. The van der Waals surface area contributed by atoms with E-state index in [1.54, 1.807) is 0 Å². The average molecular weight is 1390 g/mol. The van der Waals surface area contributed by atoms with E-state index in [4.69, 9.17) is 15.0 Å². The Bertz CT molecular complexity index is 7140. The molecule has 0 radical (unpaired) electrons. The van der Waals surface area contributed by atoms with Gasteiger partial charge in [0.25, 0.3) is 0 Å². The molecule has 0 amide bonds. The molecule has 508 valence electrons. The standard InChI is InChI=1S/C100H63N9/c1-62-44-50-92(108-94-52-46-66(104-84-36-16-8-28-70(84)71-29-9-17-37-85(71)104)58-80(94)81-59-67(47-53-95(81)108)105-86-38-18-10-30-72(86)73-31-11-19-39-87(73)105)78(56-62)79-57-65(100-102-98(63-24-4-2-5-25-63)101-99(103-100)64-26-6-3-7-27-64)45-51-93(79)109-96-54-48-68(106-88-40-20-12-32-74(88)75-33-13-21-41-89(75)106)60-82(96)83-61-69(49-55-97(83)109)107-90-42-22-14-34-76(90)77-35-15-23-43-91(77)107/h2-61H,1H3. The lowest BCUT2D eigenvalue weighted by atomic mass is 9.96. The van der Waals surface area contributed by atoms with Gasteiger partial charge in [0, 0.05) is 115 Å². The normalized spacial score (nSPS) is 12.1. The first-order valence-electron chi connectivity index (χ1n) is 37.2. The quantitative estimate of drug-likeness (QED) is 0.137. The zero-order valence-corrected chi connectivity index (χ0v) is 59.2. The Kier molecular flexibility index (Phi) is 13.2. The maximum absolute atomic E-state index is 5.44. The molecule has 0 unspecified atom stereocenters. The third-order valence-corrected chi connectivity index (χ3v) is 22.7. The summed E-state index contributed by atoms with van der Waals surface area (Å²) in [6.07, 6.45) is 0. The minimum atomic E-state index is 0.565. The summed E-state index contributed by atoms with van der Waals surface area (Å²) in [5, 5.41) is 14.2. The molecule has 0 fully saturated rings. The van der Waals surface area contributed by atoms with Gasteiger partial charge in [-0.2, -0.15) is 0 Å². The average Bonchev–Trinajstić information content (AvgIpc) is 1.56. The lowest BCUT2D eigenvalue weighted by Gasteiger charge is -2.20. The van der Waals surface area contributed by atoms with Crippen LogP contribution >= 0.6 is 0 Å². The molecular weight excluding hydrogens is 1330 g/mol. The maximum Gasteiger partial charge on any atom is 0.164 e. The number of fused-ring (bicyclic) bond motifs is 18. The van der Waals surface area contributed by atoms with Crippen LogP contribution in [0.1, 0.15) is 5.56 Å². The number of hydrogen-bond donors (Lipinski definition) is 0. The van der Waals surface area contributed by atoms with Crippen LogP contribution < -0.4 is 0 Å². The number of benzene rings is 16. The number of rotatable bonds is 10. The summed E-state index contributed by atoms with van der Waals surface area (Å²) in [6.45, 7) is 2.22. The number of aryl methyl sites for hydroxylation is 1. The van der Waals surface area contributed by atoms with Gasteiger partial charge < -0.3 is 27.4 Å². The van der Waals surface area contributed by atoms with E-state index in [0.29, 0.717) is 17.5 Å². The summed E-state index contributed by atoms with van der Waals surface area (Å²) in [7, 11) is 0. The topological polar surface area (TPSA) is 68.2 Å². The van der Waals surface area contributed by atoms with Gasteiger partial charge >= 0.3 is 0 Å². The minimum absolute atomic E-state index is 0.565. The highest BCUT2D eigenvalue weighted by molar-refractivity contribution is 6.17. The van der Waals surface area contributed by atoms with Gasteiger partial charge in [0.05, 0.1) is 77.6 Å². The van der Waals surface area contributed by atoms with E-state index in [0.717, 1.165) is 155 Å². The minimum Gasteiger partial charge on any atom is -0.309 e. The predicted octanol–water partition coefficient (Wildman–Crippen LogP) is 25.4. The van der Waals surface area contributed by atoms with Crippen LogP contribution in [-0.2, 0) is 0 Å². The van der Waals surface area contributed by atoms with Crippen molar-refractivity contribution < 1.29 is 0 Å². The third kappa shape index (κ3) is 9.17. The molecule has 0 saturated heterocycles. The number of hydrogen-bond acceptors (Lipinski definition) is 3. The van der Waals surface area contributed by atoms with Crippen molar-refractivity contribution in [2.75, 3.05) is 0 Å². The van der Waals surface area contributed by atoms with Crippen molar-refractivity contribution >= 4 is 131 Å². The summed E-state index contributed by atoms with van der Waals surface area (Å²) >= 11 is 0. The van der Waals surface area contributed by atoms with Crippen molar-refractivity contribution in [2.45, 2.75) is 6.92 Å². The van der Waals surface area contributed by atoms with Crippen LogP contribution in [-0.4, -0.2) is 42.4 Å². The molecule has 7 heterocycles. The van der Waals surface area contributed by atoms with Gasteiger partial charge in [-0.25, -0.2) is 15.0 Å². The second-order valence-corrected chi connectivity index (χ2v) is 28.7. The summed E-state index contributed by atoms with van der Waals surface area (Å²) < 4.78 is 14.8. The molecule has 0 bridgehead atoms. The summed E-state index contributed by atoms with van der Waals surface area (Å²) in [5.74, 6) is 1.76. The molecule has 0 atom stereocenters. The van der Waals surface area contributed by atoms with Crippen LogP contribution in [0.3, 0.4) is 0 Å². The third-order valence-electron chi connectivity index (χ3n) is 22.7. The second-order valence-electron chi connectivity index (χ2n) is 28.7. The molecule has 9 nitrogen and oxygen atoms in total. The van der Waals surface area contributed by atoms with E-state index < -0.39 is 0 Å². The summed E-state index contributed by atoms with van der Waals surface area (Å²) in [4.78, 5) is 16.1. The molecule has 16 aromatic carbocycles. The predicted molar refractivity (Wildman–Crippen MR) is 452 cm³/mol. The molecule has 0 aliphatic rings. The molecule has 7 aromatic heterocycles. The SMILES string of the molecule is Cc1ccc(-n2c3ccc(-n4c5ccccc5c5ccccc54)cc3c3cc(-n4c5ccccc5c5ccccc54)ccc32)c(-c2cc(-c3nc(-c4ccccc4)nc(-c4ccccc4)n3)ccc2-n2c3ccc(-n4c5ccccc5c5ccccc54)cc3c3cc(-n4c5ccccc5c5ccccc54)ccc32)c1. The van der Waals surface area contributed by atoms with Crippen LogP contribution in [0.4, 0.5) is 0 Å². The van der Waals surface area contributed by atoms with Gasteiger partial charge in [-0.1, -0.05) is 218 Å². The highest BCUT2D eigenvalue weighted by Crippen LogP contribution is 2.47. The zero-order valence-electron chi connectivity index (χ0n) is 59.2. The molecule has 23 aromatic rings. The molecule has 9 heteroatoms. The molecule has 23 rings (SSSR count). The molecule has 0 spiro atoms. The number of para-hydroxylation sites is 8. The molecular formula is C100H63N9. The Morgan fingerprint density at radius 2 is 0.413 bits per heavy atom. The molecule has 0 N–H and O–H groups in total. The summed E-state index contributed by atoms with van der Waals surface area (Å²) in [5.41, 5.74) is 25.7. The van der Waals surface area contributed by atoms with Crippen LogP contribution in [0, 0.1) is 6.92 Å². The van der Waals surface area contributed by atoms with Crippen LogP contribution in [0.2, 0.25) is 0 Å². The fourth-order valence-corrected chi connectivity index (χ4v) is 18.0. The van der Waals surface area contributed by atoms with E-state index in [2.05, 4.69) is 362 Å². The zero-order chi connectivity index (χ0) is 71.5. The first kappa shape index (κ1) is 60.7. The molecule has 109 heavy (non-hydrogen) atoms. The van der Waals surface area contributed by atoms with Gasteiger partial charge in [0.1, 0.15) is 0 Å². The van der Waals surface area contributed by atoms with E-state index >= 15 is 0 Å². The van der Waals surface area contributed by atoms with Gasteiger partial charge in [-0.05, 0) is 159 Å². The highest BCUT2D eigenvalue weighted by atomic mass is 15.1. The van der Waals surface area contributed by atoms with Crippen molar-refractivity contribution in [1.82, 2.24) is 42.4 Å². The highest BCUT2D eigenvalue weighted by Gasteiger charge is 2.27. The Morgan fingerprint density at radius 3 is 0.706 bits per heavy atom. The first-order chi connectivity index (χ1) is 54.0. The Balaban J connectivity index is 0.820. The summed E-state index contributed by atoms with van der Waals surface area (Å²) in [6, 6.07) is 133. The van der Waals surface area contributed by atoms with E-state index in [1.165, 1.54) is 43.1 Å². The van der Waals surface area contributed by atoms with E-state index in [9.17, 15) is 0 Å². The van der Waals surface area contributed by atoms with Crippen LogP contribution in [0.5, 0.6) is 0 Å². The van der Waals surface area contributed by atoms with Crippen LogP contribution in [0.25, 0.3) is 210 Å². The van der Waals surface area contributed by atoms with Crippen molar-refractivity contribution in [3.05, 3.63) is 370 Å². The Hall–Kier alpha value is -14.7. The smallest absolute Gasteiger partial charge is 0.164 e. The van der Waals surface area contributed by atoms with Gasteiger partial charge in [-0.15, -0.1) is 0 Å².